The number of allylic oxidation sites excluding steroid dienone is 2. The summed E-state index contributed by atoms with van der Waals surface area (Å²) in [5.41, 5.74) is -3.61. The Labute approximate surface area is 508 Å². The van der Waals surface area contributed by atoms with Gasteiger partial charge in [-0.05, 0) is 106 Å². The van der Waals surface area contributed by atoms with Gasteiger partial charge in [0.2, 0.25) is 0 Å². The average Bonchev–Trinajstić information content (AvgIpc) is 0.678. The molecule has 0 aromatic heterocycles. The number of carboxylic acid groups (broad SMARTS) is 2. The number of ether oxygens (including phenoxy) is 10. The number of aliphatic hydroxyl groups excluding tert-OH is 15. The van der Waals surface area contributed by atoms with Gasteiger partial charge in [-0.1, -0.05) is 46.3 Å². The second-order valence-electron chi connectivity index (χ2n) is 28.5. The molecule has 0 bridgehead atoms. The fourth-order valence-corrected chi connectivity index (χ4v) is 17.8. The van der Waals surface area contributed by atoms with Gasteiger partial charge in [-0.3, -0.25) is 4.79 Å². The van der Waals surface area contributed by atoms with Crippen LogP contribution in [-0.2, 0) is 57.0 Å². The van der Waals surface area contributed by atoms with Gasteiger partial charge in [-0.15, -0.1) is 0 Å². The molecule has 35 atom stereocenters. The van der Waals surface area contributed by atoms with Gasteiger partial charge < -0.3 is 134 Å². The van der Waals surface area contributed by atoms with Crippen molar-refractivity contribution in [2.24, 2.45) is 50.2 Å². The van der Waals surface area contributed by atoms with Crippen LogP contribution in [0.3, 0.4) is 0 Å². The van der Waals surface area contributed by atoms with Gasteiger partial charge in [0.05, 0.1) is 50.2 Å². The number of hydrogen-bond acceptors (Lipinski definition) is 27. The van der Waals surface area contributed by atoms with E-state index in [1.165, 1.54) is 6.92 Å². The van der Waals surface area contributed by atoms with Crippen molar-refractivity contribution in [3.63, 3.8) is 0 Å². The Morgan fingerprint density at radius 3 is 1.68 bits per heavy atom. The fraction of sp³-hybridized carbons (Fsp3) is 0.932. The molecule has 5 aliphatic carbocycles. The summed E-state index contributed by atoms with van der Waals surface area (Å²) in [5, 5.41) is 184. The number of aliphatic carboxylic acids is 2. The molecule has 4 saturated carbocycles. The molecule has 5 saturated heterocycles. The monoisotopic (exact) mass is 1270 g/mol. The highest BCUT2D eigenvalue weighted by Gasteiger charge is 2.71. The molecule has 1 unspecified atom stereocenters. The molecule has 0 aromatic carbocycles. The lowest BCUT2D eigenvalue weighted by molar-refractivity contribution is -0.396. The van der Waals surface area contributed by atoms with Crippen LogP contribution in [0, 0.1) is 50.2 Å². The minimum absolute atomic E-state index is 0.0156. The lowest BCUT2D eigenvalue weighted by Crippen LogP contribution is -2.68. The summed E-state index contributed by atoms with van der Waals surface area (Å²) in [7, 11) is 0. The summed E-state index contributed by atoms with van der Waals surface area (Å²) in [6, 6.07) is 0. The van der Waals surface area contributed by atoms with E-state index in [4.69, 9.17) is 47.4 Å². The molecule has 0 aromatic rings. The molecule has 10 rings (SSSR count). The van der Waals surface area contributed by atoms with Gasteiger partial charge in [0, 0.05) is 10.8 Å². The average molecular weight is 1270 g/mol. The van der Waals surface area contributed by atoms with E-state index in [-0.39, 0.29) is 37.0 Å². The number of carboxylic acids is 2. The van der Waals surface area contributed by atoms with E-state index in [1.54, 1.807) is 6.92 Å². The van der Waals surface area contributed by atoms with Gasteiger partial charge >= 0.3 is 11.9 Å². The summed E-state index contributed by atoms with van der Waals surface area (Å²) in [4.78, 5) is 26.2. The van der Waals surface area contributed by atoms with Crippen molar-refractivity contribution in [3.8, 4) is 0 Å². The fourth-order valence-electron chi connectivity index (χ4n) is 17.8. The van der Waals surface area contributed by atoms with Crippen LogP contribution in [0.4, 0.5) is 0 Å². The molecule has 0 spiro atoms. The highest BCUT2D eigenvalue weighted by atomic mass is 16.8. The quantitative estimate of drug-likeness (QED) is 0.0550. The summed E-state index contributed by atoms with van der Waals surface area (Å²) in [6.07, 6.45) is -37.9. The number of rotatable bonds is 15. The van der Waals surface area contributed by atoms with Crippen LogP contribution in [0.1, 0.15) is 106 Å². The second-order valence-corrected chi connectivity index (χ2v) is 28.5. The van der Waals surface area contributed by atoms with Gasteiger partial charge in [0.1, 0.15) is 104 Å². The molecule has 29 heteroatoms. The van der Waals surface area contributed by atoms with E-state index in [9.17, 15) is 96.4 Å². The summed E-state index contributed by atoms with van der Waals surface area (Å²) >= 11 is 0. The minimum atomic E-state index is -2.16. The Balaban J connectivity index is 0.913. The van der Waals surface area contributed by atoms with E-state index in [0.717, 1.165) is 5.57 Å². The number of fused-ring (bicyclic) bond motifs is 7. The van der Waals surface area contributed by atoms with Gasteiger partial charge in [0.25, 0.3) is 0 Å². The summed E-state index contributed by atoms with van der Waals surface area (Å²) in [6.45, 7) is 11.2. The molecule has 10 aliphatic rings. The third-order valence-corrected chi connectivity index (χ3v) is 23.7. The van der Waals surface area contributed by atoms with Crippen LogP contribution in [0.25, 0.3) is 0 Å². The lowest BCUT2D eigenvalue weighted by atomic mass is 9.33. The molecule has 29 nitrogen and oxygen atoms in total. The first-order chi connectivity index (χ1) is 41.2. The van der Waals surface area contributed by atoms with Gasteiger partial charge in [0.15, 0.2) is 37.6 Å². The van der Waals surface area contributed by atoms with Crippen molar-refractivity contribution in [1.82, 2.24) is 0 Å². The SMILES string of the molecule is C[C@@H]1O[C@@H](O[C@H]2[C@H](O[C@H]3[C@H](O[C@H]4CC[C@@]5(C)C(CC[C@]6(C)[C@@H]5CC=C5[C@@H]7C[C@](C)(C(=O)O)C[C@@H](O[C@@H]8OC[C@H](O)[C@H](O)[C@H]8O[C@@H]8O[C@H](CO)[C@@H](O)[C@H](O)[C@H]8O)[C@]7(C)CC[C@]56C)[C@@]4(C)CO)O[C@H](C(=O)O)[C@@H](O)[C@@H]3O)O[C@H](CO)[C@H](O)[C@@H]2O)[C@H](O)[C@H](O)[C@H]1O. The maximum absolute atomic E-state index is 13.5. The van der Waals surface area contributed by atoms with Crippen molar-refractivity contribution in [1.29, 1.82) is 0 Å². The largest absolute Gasteiger partial charge is 0.481 e. The van der Waals surface area contributed by atoms with Crippen LogP contribution in [0.2, 0.25) is 0 Å². The predicted octanol–water partition coefficient (Wildman–Crippen LogP) is -3.94. The lowest BCUT2D eigenvalue weighted by Gasteiger charge is -2.72. The number of carbonyl (C=O) groups is 2. The van der Waals surface area contributed by atoms with Crippen molar-refractivity contribution >= 4 is 11.9 Å². The van der Waals surface area contributed by atoms with E-state index in [2.05, 4.69) is 33.8 Å². The van der Waals surface area contributed by atoms with E-state index in [1.807, 2.05) is 6.92 Å². The van der Waals surface area contributed by atoms with Crippen molar-refractivity contribution in [2.45, 2.75) is 266 Å². The Morgan fingerprint density at radius 2 is 1.08 bits per heavy atom. The Bertz CT molecular complexity index is 2510. The van der Waals surface area contributed by atoms with Gasteiger partial charge in [-0.2, -0.15) is 0 Å². The van der Waals surface area contributed by atoms with Crippen LogP contribution < -0.4 is 0 Å². The standard InChI is InChI=1S/C59H94O29/c1-22-32(64)36(68)41(73)48(80-22)87-45-38(70)35(67)27(19-61)82-51(45)88-46-40(72)39(71)43(47(75)76)85-52(46)83-30-11-12-56(4)28(57(30,5)21-62)10-13-59(7)29(56)9-8-23-24-16-54(2,53(77)78)17-31(55(24,3)14-15-58(23,59)6)84-50-44(33(65)25(63)20-79-50)86-49-42(74)37(69)34(66)26(18-60)81-49/h8,22,24-46,48-52,60-74H,9-21H2,1-7H3,(H,75,76)(H,77,78)/t22-,24-,25-,26+,27+,28?,29+,30-,31+,32-,33-,34+,35-,36+,37-,38-,39-,40-,41+,42+,43-,44+,45+,46+,48-,49-,50-,51-,52+,54-,55+,56-,57+,58+,59+/m0/s1. The third-order valence-electron chi connectivity index (χ3n) is 23.7. The van der Waals surface area contributed by atoms with Gasteiger partial charge in [-0.25, -0.2) is 4.79 Å². The molecule has 5 aliphatic heterocycles. The first-order valence-corrected chi connectivity index (χ1v) is 30.9. The third kappa shape index (κ3) is 11.1. The molecule has 0 amide bonds. The smallest absolute Gasteiger partial charge is 0.335 e. The topological polar surface area (TPSA) is 470 Å². The van der Waals surface area contributed by atoms with E-state index >= 15 is 0 Å². The van der Waals surface area contributed by atoms with Crippen LogP contribution in [-0.4, -0.2) is 285 Å². The number of hydrogen-bond donors (Lipinski definition) is 17. The molecular weight excluding hydrogens is 1170 g/mol. The van der Waals surface area contributed by atoms with E-state index < -0.39 is 230 Å². The van der Waals surface area contributed by atoms with Crippen LogP contribution >= 0.6 is 0 Å². The molecule has 0 radical (unpaired) electrons. The molecule has 5 heterocycles. The Morgan fingerprint density at radius 1 is 0.534 bits per heavy atom. The summed E-state index contributed by atoms with van der Waals surface area (Å²) in [5.74, 6) is -3.42. The maximum Gasteiger partial charge on any atom is 0.335 e. The van der Waals surface area contributed by atoms with E-state index in [0.29, 0.717) is 38.5 Å². The first-order valence-electron chi connectivity index (χ1n) is 30.9. The van der Waals surface area contributed by atoms with Crippen molar-refractivity contribution in [3.05, 3.63) is 11.6 Å². The van der Waals surface area contributed by atoms with Crippen LogP contribution in [0.15, 0.2) is 11.6 Å². The van der Waals surface area contributed by atoms with Crippen molar-refractivity contribution in [2.75, 3.05) is 26.4 Å². The molecule has 88 heavy (non-hydrogen) atoms. The zero-order valence-electron chi connectivity index (χ0n) is 50.5. The number of aliphatic hydroxyl groups is 15. The molecule has 17 N–H and O–H groups in total. The Kier molecular flexibility index (Phi) is 19.6. The minimum Gasteiger partial charge on any atom is -0.481 e. The predicted molar refractivity (Wildman–Crippen MR) is 292 cm³/mol. The zero-order valence-corrected chi connectivity index (χ0v) is 50.5. The Hall–Kier alpha value is -2.32. The highest BCUT2D eigenvalue weighted by Crippen LogP contribution is 2.76. The normalized spacial score (nSPS) is 55.7. The van der Waals surface area contributed by atoms with Crippen molar-refractivity contribution < 1.29 is 144 Å². The molecule has 9 fully saturated rings. The second kappa shape index (κ2) is 25.1. The zero-order chi connectivity index (χ0) is 64.4. The highest BCUT2D eigenvalue weighted by molar-refractivity contribution is 5.75. The molecule has 504 valence electrons. The van der Waals surface area contributed by atoms with Crippen LogP contribution in [0.5, 0.6) is 0 Å². The summed E-state index contributed by atoms with van der Waals surface area (Å²) < 4.78 is 60.8. The first kappa shape index (κ1) is 68.5. The maximum atomic E-state index is 13.5. The molecular formula is C59H94O29.